The molecule has 0 spiro atoms. The molecule has 0 bridgehead atoms. The summed E-state index contributed by atoms with van der Waals surface area (Å²) in [7, 11) is 0. The van der Waals surface area contributed by atoms with Crippen molar-refractivity contribution in [2.45, 2.75) is 51.5 Å². The van der Waals surface area contributed by atoms with Crippen LogP contribution in [0.3, 0.4) is 0 Å². The van der Waals surface area contributed by atoms with Crippen LogP contribution in [0.4, 0.5) is 0 Å². The zero-order chi connectivity index (χ0) is 14.4. The van der Waals surface area contributed by atoms with E-state index in [1.807, 2.05) is 18.5 Å². The van der Waals surface area contributed by atoms with Crippen LogP contribution >= 0.6 is 11.3 Å². The number of thiazole rings is 1. The lowest BCUT2D eigenvalue weighted by molar-refractivity contribution is -0.146. The van der Waals surface area contributed by atoms with Gasteiger partial charge in [0.15, 0.2) is 0 Å². The Morgan fingerprint density at radius 3 is 2.65 bits per heavy atom. The first-order valence-corrected chi connectivity index (χ1v) is 8.35. The number of esters is 1. The normalized spacial score (nSPS) is 20.1. The van der Waals surface area contributed by atoms with Crippen LogP contribution in [0.1, 0.15) is 51.0 Å². The molecule has 2 heterocycles. The van der Waals surface area contributed by atoms with Crippen molar-refractivity contribution in [1.82, 2.24) is 9.88 Å². The maximum absolute atomic E-state index is 12.0. The Labute approximate surface area is 125 Å². The standard InChI is InChI=1S/C15H24N2O2S/c1-3-19-13(18)12-15(2,14-16-8-11-20-14)17-9-6-4-5-7-10-17/h8,11H,3-7,9-10,12H2,1-2H3. The molecule has 0 N–H and O–H groups in total. The first-order valence-electron chi connectivity index (χ1n) is 7.47. The van der Waals surface area contributed by atoms with E-state index < -0.39 is 0 Å². The Bertz CT molecular complexity index is 414. The fourth-order valence-electron chi connectivity index (χ4n) is 2.87. The molecule has 1 unspecified atom stereocenters. The van der Waals surface area contributed by atoms with Crippen molar-refractivity contribution < 1.29 is 9.53 Å². The first kappa shape index (κ1) is 15.4. The van der Waals surface area contributed by atoms with Crippen molar-refractivity contribution in [3.8, 4) is 0 Å². The molecule has 1 aliphatic rings. The molecule has 4 nitrogen and oxygen atoms in total. The Morgan fingerprint density at radius 2 is 2.10 bits per heavy atom. The molecule has 0 aromatic carbocycles. The van der Waals surface area contributed by atoms with Crippen LogP contribution in [-0.4, -0.2) is 35.5 Å². The van der Waals surface area contributed by atoms with Gasteiger partial charge in [0, 0.05) is 11.6 Å². The second kappa shape index (κ2) is 7.18. The number of hydrogen-bond acceptors (Lipinski definition) is 5. The van der Waals surface area contributed by atoms with Crippen molar-refractivity contribution in [2.24, 2.45) is 0 Å². The van der Waals surface area contributed by atoms with Gasteiger partial charge in [-0.25, -0.2) is 4.98 Å². The fraction of sp³-hybridized carbons (Fsp3) is 0.733. The van der Waals surface area contributed by atoms with Gasteiger partial charge in [0.05, 0.1) is 18.6 Å². The molecule has 0 saturated carbocycles. The summed E-state index contributed by atoms with van der Waals surface area (Å²) < 4.78 is 5.17. The number of hydrogen-bond donors (Lipinski definition) is 0. The van der Waals surface area contributed by atoms with E-state index in [1.165, 1.54) is 25.7 Å². The van der Waals surface area contributed by atoms with Gasteiger partial charge in [0.25, 0.3) is 0 Å². The quantitative estimate of drug-likeness (QED) is 0.783. The van der Waals surface area contributed by atoms with Crippen molar-refractivity contribution >= 4 is 17.3 Å². The van der Waals surface area contributed by atoms with Gasteiger partial charge in [0.1, 0.15) is 5.01 Å². The zero-order valence-corrected chi connectivity index (χ0v) is 13.2. The Hall–Kier alpha value is -0.940. The third kappa shape index (κ3) is 3.58. The second-order valence-corrected chi connectivity index (χ2v) is 6.39. The summed E-state index contributed by atoms with van der Waals surface area (Å²) in [4.78, 5) is 18.9. The third-order valence-corrected chi connectivity index (χ3v) is 5.02. The Kier molecular flexibility index (Phi) is 5.54. The van der Waals surface area contributed by atoms with Crippen LogP contribution in [0.2, 0.25) is 0 Å². The third-order valence-electron chi connectivity index (χ3n) is 3.99. The zero-order valence-electron chi connectivity index (χ0n) is 12.4. The molecule has 0 radical (unpaired) electrons. The van der Waals surface area contributed by atoms with Crippen LogP contribution in [0.25, 0.3) is 0 Å². The van der Waals surface area contributed by atoms with Gasteiger partial charge in [-0.2, -0.15) is 0 Å². The summed E-state index contributed by atoms with van der Waals surface area (Å²) in [6.45, 7) is 6.50. The highest BCUT2D eigenvalue weighted by molar-refractivity contribution is 7.09. The molecule has 5 heteroatoms. The lowest BCUT2D eigenvalue weighted by Gasteiger charge is -2.38. The predicted octanol–water partition coefficient (Wildman–Crippen LogP) is 3.19. The highest BCUT2D eigenvalue weighted by atomic mass is 32.1. The first-order chi connectivity index (χ1) is 9.66. The molecule has 1 aromatic heterocycles. The average Bonchev–Trinajstić information content (AvgIpc) is 2.82. The van der Waals surface area contributed by atoms with Crippen LogP contribution in [0, 0.1) is 0 Å². The van der Waals surface area contributed by atoms with Gasteiger partial charge < -0.3 is 4.74 Å². The molecule has 1 atom stereocenters. The summed E-state index contributed by atoms with van der Waals surface area (Å²) in [5, 5.41) is 3.00. The maximum atomic E-state index is 12.0. The summed E-state index contributed by atoms with van der Waals surface area (Å²) in [5.74, 6) is -0.130. The van der Waals surface area contributed by atoms with Crippen molar-refractivity contribution in [1.29, 1.82) is 0 Å². The number of rotatable bonds is 5. The summed E-state index contributed by atoms with van der Waals surface area (Å²) in [6.07, 6.45) is 7.16. The van der Waals surface area contributed by atoms with Crippen LogP contribution in [0.5, 0.6) is 0 Å². The molecule has 1 aliphatic heterocycles. The number of aromatic nitrogens is 1. The van der Waals surface area contributed by atoms with Crippen LogP contribution in [0.15, 0.2) is 11.6 Å². The smallest absolute Gasteiger partial charge is 0.308 e. The highest BCUT2D eigenvalue weighted by Crippen LogP contribution is 2.35. The molecule has 1 aromatic rings. The lowest BCUT2D eigenvalue weighted by atomic mass is 9.95. The van der Waals surface area contributed by atoms with Gasteiger partial charge in [-0.1, -0.05) is 12.8 Å². The molecular formula is C15H24N2O2S. The maximum Gasteiger partial charge on any atom is 0.308 e. The van der Waals surface area contributed by atoms with E-state index in [0.29, 0.717) is 13.0 Å². The minimum Gasteiger partial charge on any atom is -0.466 e. The van der Waals surface area contributed by atoms with E-state index in [4.69, 9.17) is 4.74 Å². The second-order valence-electron chi connectivity index (χ2n) is 5.49. The largest absolute Gasteiger partial charge is 0.466 e. The van der Waals surface area contributed by atoms with E-state index in [0.717, 1.165) is 18.1 Å². The van der Waals surface area contributed by atoms with E-state index >= 15 is 0 Å². The van der Waals surface area contributed by atoms with E-state index in [-0.39, 0.29) is 11.5 Å². The minimum atomic E-state index is -0.329. The van der Waals surface area contributed by atoms with Gasteiger partial charge in [-0.3, -0.25) is 9.69 Å². The topological polar surface area (TPSA) is 42.4 Å². The van der Waals surface area contributed by atoms with Gasteiger partial charge in [-0.15, -0.1) is 11.3 Å². The minimum absolute atomic E-state index is 0.130. The van der Waals surface area contributed by atoms with Crippen molar-refractivity contribution in [3.63, 3.8) is 0 Å². The van der Waals surface area contributed by atoms with Crippen molar-refractivity contribution in [3.05, 3.63) is 16.6 Å². The van der Waals surface area contributed by atoms with E-state index in [1.54, 1.807) is 11.3 Å². The molecule has 2 rings (SSSR count). The highest BCUT2D eigenvalue weighted by Gasteiger charge is 2.38. The Balaban J connectivity index is 2.20. The molecule has 0 amide bonds. The fourth-order valence-corrected chi connectivity index (χ4v) is 3.70. The van der Waals surface area contributed by atoms with Crippen LogP contribution in [-0.2, 0) is 15.1 Å². The summed E-state index contributed by atoms with van der Waals surface area (Å²) >= 11 is 1.63. The summed E-state index contributed by atoms with van der Waals surface area (Å²) in [6, 6.07) is 0. The average molecular weight is 296 g/mol. The van der Waals surface area contributed by atoms with Crippen LogP contribution < -0.4 is 0 Å². The molecule has 0 aliphatic carbocycles. The number of carbonyl (C=O) groups is 1. The number of likely N-dealkylation sites (tertiary alicyclic amines) is 1. The molecule has 1 saturated heterocycles. The number of nitrogens with zero attached hydrogens (tertiary/aromatic N) is 2. The molecule has 112 valence electrons. The van der Waals surface area contributed by atoms with Gasteiger partial charge in [0.2, 0.25) is 0 Å². The number of carbonyl (C=O) groups excluding carboxylic acids is 1. The predicted molar refractivity (Wildman–Crippen MR) is 80.8 cm³/mol. The van der Waals surface area contributed by atoms with Crippen molar-refractivity contribution in [2.75, 3.05) is 19.7 Å². The Morgan fingerprint density at radius 1 is 1.40 bits per heavy atom. The number of ether oxygens (including phenoxy) is 1. The van der Waals surface area contributed by atoms with E-state index in [2.05, 4.69) is 16.8 Å². The summed E-state index contributed by atoms with van der Waals surface area (Å²) in [5.41, 5.74) is -0.329. The molecular weight excluding hydrogens is 272 g/mol. The molecule has 20 heavy (non-hydrogen) atoms. The van der Waals surface area contributed by atoms with Gasteiger partial charge in [-0.05, 0) is 39.8 Å². The van der Waals surface area contributed by atoms with E-state index in [9.17, 15) is 4.79 Å². The monoisotopic (exact) mass is 296 g/mol. The SMILES string of the molecule is CCOC(=O)CC(C)(c1nccs1)N1CCCCCC1. The van der Waals surface area contributed by atoms with Gasteiger partial charge >= 0.3 is 5.97 Å². The molecule has 1 fully saturated rings. The lowest BCUT2D eigenvalue weighted by Crippen LogP contribution is -2.46.